The molecule has 1 saturated carbocycles. The highest BCUT2D eigenvalue weighted by Gasteiger charge is 2.43. The van der Waals surface area contributed by atoms with Crippen molar-refractivity contribution in [1.29, 1.82) is 0 Å². The van der Waals surface area contributed by atoms with Crippen LogP contribution in [0.2, 0.25) is 0 Å². The van der Waals surface area contributed by atoms with Crippen LogP contribution in [0.5, 0.6) is 0 Å². The van der Waals surface area contributed by atoms with Crippen LogP contribution in [-0.2, 0) is 4.79 Å². The van der Waals surface area contributed by atoms with Gasteiger partial charge >= 0.3 is 6.18 Å². The molecule has 0 bridgehead atoms. The van der Waals surface area contributed by atoms with Crippen LogP contribution in [0.1, 0.15) is 39.5 Å². The molecule has 0 spiro atoms. The first-order valence-corrected chi connectivity index (χ1v) is 6.88. The fourth-order valence-corrected chi connectivity index (χ4v) is 2.42. The third-order valence-corrected chi connectivity index (χ3v) is 3.48. The van der Waals surface area contributed by atoms with Crippen LogP contribution in [0.4, 0.5) is 13.2 Å². The van der Waals surface area contributed by atoms with E-state index in [1.807, 2.05) is 13.8 Å². The first-order chi connectivity index (χ1) is 8.80. The van der Waals surface area contributed by atoms with Crippen LogP contribution >= 0.6 is 0 Å². The number of amides is 1. The highest BCUT2D eigenvalue weighted by atomic mass is 19.4. The van der Waals surface area contributed by atoms with Gasteiger partial charge in [0.25, 0.3) is 0 Å². The molecule has 3 nitrogen and oxygen atoms in total. The number of halogens is 3. The van der Waals surface area contributed by atoms with Crippen LogP contribution in [0, 0.1) is 11.8 Å². The van der Waals surface area contributed by atoms with Gasteiger partial charge in [0.05, 0.1) is 5.92 Å². The molecular formula is C13H23F3N2O. The van der Waals surface area contributed by atoms with Crippen LogP contribution in [0.3, 0.4) is 0 Å². The third-order valence-electron chi connectivity index (χ3n) is 3.48. The Kier molecular flexibility index (Phi) is 6.10. The molecule has 0 aliphatic heterocycles. The van der Waals surface area contributed by atoms with Crippen LogP contribution in [0.25, 0.3) is 0 Å². The van der Waals surface area contributed by atoms with E-state index in [4.69, 9.17) is 0 Å². The summed E-state index contributed by atoms with van der Waals surface area (Å²) in [5.74, 6) is -2.04. The highest BCUT2D eigenvalue weighted by Crippen LogP contribution is 2.39. The summed E-state index contributed by atoms with van der Waals surface area (Å²) in [6.07, 6.45) is -3.03. The first kappa shape index (κ1) is 16.3. The molecule has 0 heterocycles. The fourth-order valence-electron chi connectivity index (χ4n) is 2.42. The Morgan fingerprint density at radius 1 is 1.26 bits per heavy atom. The zero-order valence-electron chi connectivity index (χ0n) is 11.5. The lowest BCUT2D eigenvalue weighted by Gasteiger charge is -2.29. The van der Waals surface area contributed by atoms with Gasteiger partial charge in [-0.1, -0.05) is 20.3 Å². The second kappa shape index (κ2) is 7.12. The number of alkyl halides is 3. The van der Waals surface area contributed by atoms with Crippen molar-refractivity contribution in [2.75, 3.05) is 13.1 Å². The van der Waals surface area contributed by atoms with Gasteiger partial charge in [0.1, 0.15) is 0 Å². The van der Waals surface area contributed by atoms with E-state index in [1.54, 1.807) is 0 Å². The van der Waals surface area contributed by atoms with Gasteiger partial charge in [0, 0.05) is 25.0 Å². The zero-order valence-corrected chi connectivity index (χ0v) is 11.5. The van der Waals surface area contributed by atoms with Crippen LogP contribution < -0.4 is 10.6 Å². The Hall–Kier alpha value is -0.780. The van der Waals surface area contributed by atoms with E-state index < -0.39 is 18.0 Å². The van der Waals surface area contributed by atoms with Crippen molar-refractivity contribution >= 4 is 5.91 Å². The first-order valence-electron chi connectivity index (χ1n) is 6.88. The number of hydrogen-bond acceptors (Lipinski definition) is 2. The van der Waals surface area contributed by atoms with Gasteiger partial charge in [-0.15, -0.1) is 0 Å². The Labute approximate surface area is 112 Å². The maximum atomic E-state index is 12.6. The molecular weight excluding hydrogens is 257 g/mol. The molecule has 2 unspecified atom stereocenters. The molecule has 19 heavy (non-hydrogen) atoms. The lowest BCUT2D eigenvalue weighted by molar-refractivity contribution is -0.186. The van der Waals surface area contributed by atoms with E-state index in [2.05, 4.69) is 10.6 Å². The molecule has 0 aromatic carbocycles. The summed E-state index contributed by atoms with van der Waals surface area (Å²) in [4.78, 5) is 11.8. The van der Waals surface area contributed by atoms with Gasteiger partial charge < -0.3 is 10.6 Å². The molecule has 112 valence electrons. The predicted octanol–water partition coefficient (Wildman–Crippen LogP) is 2.47. The summed E-state index contributed by atoms with van der Waals surface area (Å²) in [7, 11) is 0. The average molecular weight is 280 g/mol. The molecule has 0 radical (unpaired) electrons. The normalized spacial score (nSPS) is 24.5. The number of nitrogens with one attached hydrogen (secondary N) is 2. The highest BCUT2D eigenvalue weighted by molar-refractivity contribution is 5.78. The van der Waals surface area contributed by atoms with E-state index in [1.165, 1.54) is 0 Å². The average Bonchev–Trinajstić information content (AvgIpc) is 2.33. The Bertz CT molecular complexity index is 292. The minimum atomic E-state index is -4.17. The van der Waals surface area contributed by atoms with Gasteiger partial charge in [-0.05, 0) is 19.3 Å². The third kappa shape index (κ3) is 5.80. The molecule has 2 N–H and O–H groups in total. The molecule has 1 aliphatic rings. The van der Waals surface area contributed by atoms with E-state index in [9.17, 15) is 18.0 Å². The molecule has 0 aromatic heterocycles. The molecule has 1 rings (SSSR count). The molecule has 1 fully saturated rings. The predicted molar refractivity (Wildman–Crippen MR) is 67.7 cm³/mol. The molecule has 6 heteroatoms. The van der Waals surface area contributed by atoms with Gasteiger partial charge in [-0.25, -0.2) is 0 Å². The summed E-state index contributed by atoms with van der Waals surface area (Å²) in [5.41, 5.74) is 0. The zero-order chi connectivity index (χ0) is 14.5. The Morgan fingerprint density at radius 2 is 1.95 bits per heavy atom. The quantitative estimate of drug-likeness (QED) is 0.760. The second-order valence-electron chi connectivity index (χ2n) is 5.50. The second-order valence-corrected chi connectivity index (χ2v) is 5.50. The monoisotopic (exact) mass is 280 g/mol. The number of carbonyl (C=O) groups excluding carboxylic acids is 1. The molecule has 1 amide bonds. The minimum absolute atomic E-state index is 0.0626. The molecule has 2 atom stereocenters. The maximum absolute atomic E-state index is 12.6. The van der Waals surface area contributed by atoms with E-state index >= 15 is 0 Å². The topological polar surface area (TPSA) is 41.1 Å². The van der Waals surface area contributed by atoms with E-state index in [0.29, 0.717) is 32.0 Å². The Morgan fingerprint density at radius 3 is 2.53 bits per heavy atom. The fraction of sp³-hybridized carbons (Fsp3) is 0.923. The van der Waals surface area contributed by atoms with Gasteiger partial charge in [0.15, 0.2) is 0 Å². The van der Waals surface area contributed by atoms with Gasteiger partial charge in [-0.3, -0.25) is 4.79 Å². The Balaban J connectivity index is 2.32. The summed E-state index contributed by atoms with van der Waals surface area (Å²) < 4.78 is 37.9. The summed E-state index contributed by atoms with van der Waals surface area (Å²) >= 11 is 0. The number of rotatable bonds is 5. The van der Waals surface area contributed by atoms with Crippen molar-refractivity contribution in [2.45, 2.75) is 51.7 Å². The van der Waals surface area contributed by atoms with Crippen molar-refractivity contribution in [3.05, 3.63) is 0 Å². The van der Waals surface area contributed by atoms with Crippen LogP contribution in [-0.4, -0.2) is 31.2 Å². The van der Waals surface area contributed by atoms with Crippen molar-refractivity contribution in [2.24, 2.45) is 11.8 Å². The maximum Gasteiger partial charge on any atom is 0.391 e. The number of carbonyl (C=O) groups is 1. The largest absolute Gasteiger partial charge is 0.391 e. The van der Waals surface area contributed by atoms with Crippen molar-refractivity contribution in [3.8, 4) is 0 Å². The van der Waals surface area contributed by atoms with E-state index in [-0.39, 0.29) is 18.7 Å². The summed E-state index contributed by atoms with van der Waals surface area (Å²) in [5, 5.41) is 5.85. The van der Waals surface area contributed by atoms with E-state index in [0.717, 1.165) is 0 Å². The molecule has 0 aromatic rings. The SMILES string of the molecule is CC(C)NCCNC(=O)C1CCCC(C(F)(F)F)C1. The molecule has 0 saturated heterocycles. The molecule has 1 aliphatic carbocycles. The lowest BCUT2D eigenvalue weighted by Crippen LogP contribution is -2.40. The minimum Gasteiger partial charge on any atom is -0.355 e. The van der Waals surface area contributed by atoms with Crippen molar-refractivity contribution in [1.82, 2.24) is 10.6 Å². The number of hydrogen-bond donors (Lipinski definition) is 2. The summed E-state index contributed by atoms with van der Waals surface area (Å²) in [6.45, 7) is 5.09. The summed E-state index contributed by atoms with van der Waals surface area (Å²) in [6, 6.07) is 0.334. The van der Waals surface area contributed by atoms with Crippen LogP contribution in [0.15, 0.2) is 0 Å². The standard InChI is InChI=1S/C13H23F3N2O/c1-9(2)17-6-7-18-12(19)10-4-3-5-11(8-10)13(14,15)16/h9-11,17H,3-8H2,1-2H3,(H,18,19). The smallest absolute Gasteiger partial charge is 0.355 e. The van der Waals surface area contributed by atoms with Crippen molar-refractivity contribution in [3.63, 3.8) is 0 Å². The lowest BCUT2D eigenvalue weighted by atomic mass is 9.80. The van der Waals surface area contributed by atoms with Gasteiger partial charge in [-0.2, -0.15) is 13.2 Å². The van der Waals surface area contributed by atoms with Gasteiger partial charge in [0.2, 0.25) is 5.91 Å². The van der Waals surface area contributed by atoms with Crippen molar-refractivity contribution < 1.29 is 18.0 Å².